The van der Waals surface area contributed by atoms with Crippen LogP contribution in [0, 0.1) is 20.8 Å². The number of anilines is 1. The summed E-state index contributed by atoms with van der Waals surface area (Å²) in [6.45, 7) is 6.03. The Morgan fingerprint density at radius 1 is 1.30 bits per heavy atom. The van der Waals surface area contributed by atoms with E-state index in [1.54, 1.807) is 11.7 Å². The van der Waals surface area contributed by atoms with Crippen molar-refractivity contribution >= 4 is 23.4 Å². The third-order valence-electron chi connectivity index (χ3n) is 2.86. The van der Waals surface area contributed by atoms with Crippen LogP contribution in [0.15, 0.2) is 17.3 Å². The number of amides is 1. The van der Waals surface area contributed by atoms with Gasteiger partial charge in [0.25, 0.3) is 0 Å². The molecule has 20 heavy (non-hydrogen) atoms. The second-order valence-electron chi connectivity index (χ2n) is 4.70. The van der Waals surface area contributed by atoms with Gasteiger partial charge in [-0.3, -0.25) is 4.79 Å². The van der Waals surface area contributed by atoms with Gasteiger partial charge in [-0.25, -0.2) is 4.68 Å². The van der Waals surface area contributed by atoms with Crippen molar-refractivity contribution in [3.63, 3.8) is 0 Å². The second kappa shape index (κ2) is 6.04. The highest BCUT2D eigenvalue weighted by atomic mass is 32.2. The van der Waals surface area contributed by atoms with E-state index < -0.39 is 0 Å². The van der Waals surface area contributed by atoms with E-state index in [-0.39, 0.29) is 11.7 Å². The fourth-order valence-electron chi connectivity index (χ4n) is 2.03. The third kappa shape index (κ3) is 3.36. The van der Waals surface area contributed by atoms with Gasteiger partial charge in [-0.1, -0.05) is 29.5 Å². The van der Waals surface area contributed by atoms with Crippen LogP contribution < -0.4 is 5.32 Å². The molecule has 1 N–H and O–H groups in total. The Balaban J connectivity index is 2.00. The lowest BCUT2D eigenvalue weighted by Gasteiger charge is -2.12. The molecule has 0 fully saturated rings. The second-order valence-corrected chi connectivity index (χ2v) is 5.64. The van der Waals surface area contributed by atoms with Gasteiger partial charge in [0.1, 0.15) is 0 Å². The topological polar surface area (TPSA) is 72.7 Å². The Morgan fingerprint density at radius 3 is 2.50 bits per heavy atom. The molecule has 6 nitrogen and oxygen atoms in total. The molecule has 1 aromatic heterocycles. The van der Waals surface area contributed by atoms with Crippen LogP contribution in [0.2, 0.25) is 0 Å². The minimum Gasteiger partial charge on any atom is -0.325 e. The molecule has 106 valence electrons. The van der Waals surface area contributed by atoms with Crippen molar-refractivity contribution in [2.75, 3.05) is 11.1 Å². The first kappa shape index (κ1) is 14.5. The molecule has 7 heteroatoms. The summed E-state index contributed by atoms with van der Waals surface area (Å²) in [6.07, 6.45) is 0. The number of aromatic nitrogens is 4. The highest BCUT2D eigenvalue weighted by Gasteiger charge is 2.10. The number of nitrogens with zero attached hydrogens (tertiary/aromatic N) is 4. The summed E-state index contributed by atoms with van der Waals surface area (Å²) in [7, 11) is 1.74. The maximum Gasteiger partial charge on any atom is 0.234 e. The molecule has 0 saturated carbocycles. The monoisotopic (exact) mass is 291 g/mol. The smallest absolute Gasteiger partial charge is 0.234 e. The predicted octanol–water partition coefficient (Wildman–Crippen LogP) is 1.87. The zero-order chi connectivity index (χ0) is 14.7. The Morgan fingerprint density at radius 2 is 1.95 bits per heavy atom. The summed E-state index contributed by atoms with van der Waals surface area (Å²) >= 11 is 1.31. The van der Waals surface area contributed by atoms with E-state index in [1.807, 2.05) is 20.8 Å². The number of thioether (sulfide) groups is 1. The minimum atomic E-state index is -0.0620. The van der Waals surface area contributed by atoms with Crippen molar-refractivity contribution in [1.82, 2.24) is 20.2 Å². The average Bonchev–Trinajstić information content (AvgIpc) is 2.77. The number of rotatable bonds is 4. The molecule has 0 saturated heterocycles. The number of aryl methyl sites for hydroxylation is 4. The number of tetrazole rings is 1. The summed E-state index contributed by atoms with van der Waals surface area (Å²) < 4.78 is 1.54. The normalized spacial score (nSPS) is 10.6. The van der Waals surface area contributed by atoms with Gasteiger partial charge in [-0.15, -0.1) is 5.10 Å². The maximum atomic E-state index is 12.0. The van der Waals surface area contributed by atoms with Crippen LogP contribution in [0.5, 0.6) is 0 Å². The first-order chi connectivity index (χ1) is 9.47. The lowest BCUT2D eigenvalue weighted by molar-refractivity contribution is -0.113. The SMILES string of the molecule is Cc1cc(C)c(NC(=O)CSc2nnnn2C)c(C)c1. The molecule has 0 bridgehead atoms. The molecule has 0 atom stereocenters. The van der Waals surface area contributed by atoms with Crippen LogP contribution >= 0.6 is 11.8 Å². The Labute approximate surface area is 121 Å². The standard InChI is InChI=1S/C13H17N5OS/c1-8-5-9(2)12(10(3)6-8)14-11(19)7-20-13-15-16-17-18(13)4/h5-6H,7H2,1-4H3,(H,14,19). The number of carbonyl (C=O) groups is 1. The summed E-state index contributed by atoms with van der Waals surface area (Å²) in [5.74, 6) is 0.217. The minimum absolute atomic E-state index is 0.0620. The van der Waals surface area contributed by atoms with Crippen LogP contribution in [-0.4, -0.2) is 31.9 Å². The maximum absolute atomic E-state index is 12.0. The summed E-state index contributed by atoms with van der Waals surface area (Å²) in [4.78, 5) is 12.0. The molecule has 1 aromatic carbocycles. The molecular weight excluding hydrogens is 274 g/mol. The Kier molecular flexibility index (Phi) is 4.39. The Bertz CT molecular complexity index is 614. The lowest BCUT2D eigenvalue weighted by atomic mass is 10.1. The largest absolute Gasteiger partial charge is 0.325 e. The molecule has 0 radical (unpaired) electrons. The van der Waals surface area contributed by atoms with E-state index in [0.717, 1.165) is 16.8 Å². The number of carbonyl (C=O) groups excluding carboxylic acids is 1. The molecular formula is C13H17N5OS. The van der Waals surface area contributed by atoms with Crippen LogP contribution in [0.1, 0.15) is 16.7 Å². The molecule has 2 aromatic rings. The van der Waals surface area contributed by atoms with Crippen LogP contribution in [0.4, 0.5) is 5.69 Å². The van der Waals surface area contributed by atoms with Crippen LogP contribution in [0.3, 0.4) is 0 Å². The molecule has 0 spiro atoms. The first-order valence-corrected chi connectivity index (χ1v) is 7.19. The lowest BCUT2D eigenvalue weighted by Crippen LogP contribution is -2.16. The van der Waals surface area contributed by atoms with Gasteiger partial charge >= 0.3 is 0 Å². The highest BCUT2D eigenvalue weighted by Crippen LogP contribution is 2.22. The number of benzene rings is 1. The fraction of sp³-hybridized carbons (Fsp3) is 0.385. The summed E-state index contributed by atoms with van der Waals surface area (Å²) in [6, 6.07) is 4.12. The van der Waals surface area contributed by atoms with Crippen molar-refractivity contribution in [1.29, 1.82) is 0 Å². The molecule has 2 rings (SSSR count). The highest BCUT2D eigenvalue weighted by molar-refractivity contribution is 7.99. The van der Waals surface area contributed by atoms with E-state index in [4.69, 9.17) is 0 Å². The van der Waals surface area contributed by atoms with Gasteiger partial charge in [0, 0.05) is 12.7 Å². The van der Waals surface area contributed by atoms with Crippen molar-refractivity contribution in [3.05, 3.63) is 28.8 Å². The molecule has 0 aliphatic rings. The zero-order valence-corrected chi connectivity index (χ0v) is 12.8. The predicted molar refractivity (Wildman–Crippen MR) is 78.8 cm³/mol. The number of hydrogen-bond acceptors (Lipinski definition) is 5. The molecule has 0 aliphatic heterocycles. The van der Waals surface area contributed by atoms with Crippen molar-refractivity contribution in [2.45, 2.75) is 25.9 Å². The number of hydrogen-bond donors (Lipinski definition) is 1. The van der Waals surface area contributed by atoms with E-state index in [1.165, 1.54) is 17.3 Å². The van der Waals surface area contributed by atoms with Crippen molar-refractivity contribution in [2.24, 2.45) is 7.05 Å². The third-order valence-corrected chi connectivity index (χ3v) is 3.87. The van der Waals surface area contributed by atoms with Gasteiger partial charge in [-0.2, -0.15) is 0 Å². The zero-order valence-electron chi connectivity index (χ0n) is 12.0. The first-order valence-electron chi connectivity index (χ1n) is 6.20. The molecule has 1 amide bonds. The Hall–Kier alpha value is -1.89. The van der Waals surface area contributed by atoms with Gasteiger partial charge in [0.15, 0.2) is 0 Å². The van der Waals surface area contributed by atoms with E-state index in [2.05, 4.69) is 33.0 Å². The van der Waals surface area contributed by atoms with E-state index in [9.17, 15) is 4.79 Å². The average molecular weight is 291 g/mol. The van der Waals surface area contributed by atoms with Gasteiger partial charge in [0.05, 0.1) is 5.75 Å². The van der Waals surface area contributed by atoms with Crippen molar-refractivity contribution < 1.29 is 4.79 Å². The van der Waals surface area contributed by atoms with Gasteiger partial charge < -0.3 is 5.32 Å². The molecule has 0 aliphatic carbocycles. The molecule has 1 heterocycles. The van der Waals surface area contributed by atoms with Crippen molar-refractivity contribution in [3.8, 4) is 0 Å². The van der Waals surface area contributed by atoms with Crippen LogP contribution in [0.25, 0.3) is 0 Å². The van der Waals surface area contributed by atoms with E-state index in [0.29, 0.717) is 5.16 Å². The van der Waals surface area contributed by atoms with E-state index >= 15 is 0 Å². The summed E-state index contributed by atoms with van der Waals surface area (Å²) in [5.41, 5.74) is 4.22. The fourth-order valence-corrected chi connectivity index (χ4v) is 2.68. The quantitative estimate of drug-likeness (QED) is 0.871. The summed E-state index contributed by atoms with van der Waals surface area (Å²) in [5, 5.41) is 14.7. The van der Waals surface area contributed by atoms with Crippen LogP contribution in [-0.2, 0) is 11.8 Å². The molecule has 0 unspecified atom stereocenters. The van der Waals surface area contributed by atoms with Gasteiger partial charge in [-0.05, 0) is 42.3 Å². The number of nitrogens with one attached hydrogen (secondary N) is 1. The van der Waals surface area contributed by atoms with Gasteiger partial charge in [0.2, 0.25) is 11.1 Å².